The number of carboxylic acids is 1. The third-order valence-electron chi connectivity index (χ3n) is 3.56. The molecule has 0 spiro atoms. The van der Waals surface area contributed by atoms with E-state index < -0.39 is 11.5 Å². The van der Waals surface area contributed by atoms with Crippen LogP contribution in [0.25, 0.3) is 0 Å². The van der Waals surface area contributed by atoms with Gasteiger partial charge in [0.25, 0.3) is 5.91 Å². The third-order valence-corrected chi connectivity index (χ3v) is 3.56. The van der Waals surface area contributed by atoms with Gasteiger partial charge in [-0.1, -0.05) is 20.8 Å². The van der Waals surface area contributed by atoms with Gasteiger partial charge < -0.3 is 15.2 Å². The van der Waals surface area contributed by atoms with Crippen molar-refractivity contribution >= 4 is 11.9 Å². The van der Waals surface area contributed by atoms with E-state index in [2.05, 4.69) is 5.32 Å². The van der Waals surface area contributed by atoms with Crippen molar-refractivity contribution in [1.29, 1.82) is 0 Å². The average Bonchev–Trinajstić information content (AvgIpc) is 2.50. The molecule has 0 saturated carbocycles. The van der Waals surface area contributed by atoms with Gasteiger partial charge in [-0.15, -0.1) is 0 Å². The topological polar surface area (TPSA) is 75.6 Å². The molecule has 116 valence electrons. The lowest BCUT2D eigenvalue weighted by atomic mass is 9.92. The summed E-state index contributed by atoms with van der Waals surface area (Å²) in [6.45, 7) is 6.14. The first-order valence-electron chi connectivity index (χ1n) is 7.27. The minimum atomic E-state index is -1.21. The highest BCUT2D eigenvalue weighted by Crippen LogP contribution is 2.18. The van der Waals surface area contributed by atoms with Gasteiger partial charge in [-0.25, -0.2) is 4.79 Å². The molecule has 5 nitrogen and oxygen atoms in total. The highest BCUT2D eigenvalue weighted by molar-refractivity contribution is 5.97. The predicted molar refractivity (Wildman–Crippen MR) is 80.6 cm³/mol. The molecule has 0 atom stereocenters. The van der Waals surface area contributed by atoms with E-state index in [1.165, 1.54) is 0 Å². The summed E-state index contributed by atoms with van der Waals surface area (Å²) in [6, 6.07) is 6.70. The molecule has 2 N–H and O–H groups in total. The third kappa shape index (κ3) is 4.21. The van der Waals surface area contributed by atoms with Crippen LogP contribution in [0.3, 0.4) is 0 Å². The molecule has 1 aromatic rings. The number of carboxylic acid groups (broad SMARTS) is 1. The number of rotatable bonds is 8. The molecule has 0 fully saturated rings. The Balaban J connectivity index is 2.81. The summed E-state index contributed by atoms with van der Waals surface area (Å²) in [6.07, 6.45) is 1.58. The van der Waals surface area contributed by atoms with Crippen molar-refractivity contribution in [2.24, 2.45) is 0 Å². The summed E-state index contributed by atoms with van der Waals surface area (Å²) in [7, 11) is 0. The molecule has 0 saturated heterocycles. The van der Waals surface area contributed by atoms with Crippen LogP contribution >= 0.6 is 0 Å². The number of amides is 1. The largest absolute Gasteiger partial charge is 0.494 e. The maximum Gasteiger partial charge on any atom is 0.329 e. The Hall–Kier alpha value is -2.04. The number of nitrogens with one attached hydrogen (secondary N) is 1. The maximum absolute atomic E-state index is 12.2. The average molecular weight is 293 g/mol. The minimum absolute atomic E-state index is 0.336. The Morgan fingerprint density at radius 3 is 2.14 bits per heavy atom. The number of benzene rings is 1. The Labute approximate surface area is 125 Å². The van der Waals surface area contributed by atoms with Crippen LogP contribution in [0.2, 0.25) is 0 Å². The second kappa shape index (κ2) is 7.67. The van der Waals surface area contributed by atoms with E-state index >= 15 is 0 Å². The summed E-state index contributed by atoms with van der Waals surface area (Å²) in [5.74, 6) is -0.698. The van der Waals surface area contributed by atoms with Gasteiger partial charge in [0.15, 0.2) is 0 Å². The lowest BCUT2D eigenvalue weighted by molar-refractivity contribution is -0.144. The molecule has 1 aromatic carbocycles. The highest BCUT2D eigenvalue weighted by Gasteiger charge is 2.36. The lowest BCUT2D eigenvalue weighted by Crippen LogP contribution is -2.53. The van der Waals surface area contributed by atoms with Gasteiger partial charge in [0, 0.05) is 5.56 Å². The fourth-order valence-corrected chi connectivity index (χ4v) is 1.99. The van der Waals surface area contributed by atoms with Crippen LogP contribution in [-0.2, 0) is 4.79 Å². The van der Waals surface area contributed by atoms with E-state index in [1.807, 2.05) is 6.92 Å². The van der Waals surface area contributed by atoms with Gasteiger partial charge in [-0.2, -0.15) is 0 Å². The van der Waals surface area contributed by atoms with E-state index in [-0.39, 0.29) is 5.91 Å². The molecule has 0 aromatic heterocycles. The van der Waals surface area contributed by atoms with Gasteiger partial charge in [0.05, 0.1) is 6.61 Å². The van der Waals surface area contributed by atoms with E-state index in [4.69, 9.17) is 4.74 Å². The first-order valence-corrected chi connectivity index (χ1v) is 7.27. The van der Waals surface area contributed by atoms with Crippen LogP contribution in [0, 0.1) is 0 Å². The molecule has 0 bridgehead atoms. The molecule has 21 heavy (non-hydrogen) atoms. The molecule has 1 amide bonds. The van der Waals surface area contributed by atoms with Crippen molar-refractivity contribution < 1.29 is 19.4 Å². The zero-order chi connectivity index (χ0) is 15.9. The fraction of sp³-hybridized carbons (Fsp3) is 0.500. The normalized spacial score (nSPS) is 11.0. The highest BCUT2D eigenvalue weighted by atomic mass is 16.5. The van der Waals surface area contributed by atoms with Crippen LogP contribution < -0.4 is 10.1 Å². The van der Waals surface area contributed by atoms with Gasteiger partial charge in [-0.3, -0.25) is 4.79 Å². The summed E-state index contributed by atoms with van der Waals surface area (Å²) < 4.78 is 5.45. The standard InChI is InChI=1S/C16H23NO4/c1-4-11-21-13-9-7-12(8-10-13)14(18)17-16(5-2,6-3)15(19)20/h7-10H,4-6,11H2,1-3H3,(H,17,18)(H,19,20). The molecule has 1 rings (SSSR count). The number of aliphatic carboxylic acids is 1. The maximum atomic E-state index is 12.2. The molecule has 0 aliphatic rings. The van der Waals surface area contributed by atoms with Crippen molar-refractivity contribution in [3.05, 3.63) is 29.8 Å². The summed E-state index contributed by atoms with van der Waals surface area (Å²) in [4.78, 5) is 23.6. The van der Waals surface area contributed by atoms with Crippen molar-refractivity contribution in [3.8, 4) is 5.75 Å². The fourth-order valence-electron chi connectivity index (χ4n) is 1.99. The number of hydrogen-bond donors (Lipinski definition) is 2. The van der Waals surface area contributed by atoms with Crippen LogP contribution in [0.4, 0.5) is 0 Å². The van der Waals surface area contributed by atoms with Crippen molar-refractivity contribution in [2.45, 2.75) is 45.6 Å². The second-order valence-corrected chi connectivity index (χ2v) is 4.92. The Morgan fingerprint density at radius 1 is 1.14 bits per heavy atom. The van der Waals surface area contributed by atoms with Gasteiger partial charge in [-0.05, 0) is 43.5 Å². The molecule has 0 aliphatic carbocycles. The van der Waals surface area contributed by atoms with Crippen molar-refractivity contribution in [2.75, 3.05) is 6.61 Å². The summed E-state index contributed by atoms with van der Waals surface area (Å²) in [5, 5.41) is 12.0. The molecular formula is C16H23NO4. The predicted octanol–water partition coefficient (Wildman–Crippen LogP) is 2.85. The molecular weight excluding hydrogens is 270 g/mol. The van der Waals surface area contributed by atoms with Crippen LogP contribution in [0.15, 0.2) is 24.3 Å². The van der Waals surface area contributed by atoms with Crippen LogP contribution in [-0.4, -0.2) is 29.1 Å². The number of hydrogen-bond acceptors (Lipinski definition) is 3. The number of carbonyl (C=O) groups excluding carboxylic acids is 1. The summed E-state index contributed by atoms with van der Waals surface area (Å²) >= 11 is 0. The van der Waals surface area contributed by atoms with Crippen LogP contribution in [0.5, 0.6) is 5.75 Å². The molecule has 0 aliphatic heterocycles. The first kappa shape index (κ1) is 17.0. The lowest BCUT2D eigenvalue weighted by Gasteiger charge is -2.28. The summed E-state index contributed by atoms with van der Waals surface area (Å²) in [5.41, 5.74) is -0.791. The first-order chi connectivity index (χ1) is 9.99. The van der Waals surface area contributed by atoms with Gasteiger partial charge in [0.2, 0.25) is 0 Å². The zero-order valence-electron chi connectivity index (χ0n) is 12.8. The Morgan fingerprint density at radius 2 is 1.71 bits per heavy atom. The minimum Gasteiger partial charge on any atom is -0.494 e. The van der Waals surface area contributed by atoms with Gasteiger partial charge >= 0.3 is 5.97 Å². The van der Waals surface area contributed by atoms with Gasteiger partial charge in [0.1, 0.15) is 11.3 Å². The van der Waals surface area contributed by atoms with Crippen LogP contribution in [0.1, 0.15) is 50.4 Å². The molecule has 0 radical (unpaired) electrons. The van der Waals surface area contributed by atoms with E-state index in [9.17, 15) is 14.7 Å². The van der Waals surface area contributed by atoms with Crippen molar-refractivity contribution in [3.63, 3.8) is 0 Å². The number of carbonyl (C=O) groups is 2. The van der Waals surface area contributed by atoms with Crippen molar-refractivity contribution in [1.82, 2.24) is 5.32 Å². The van der Waals surface area contributed by atoms with E-state index in [1.54, 1.807) is 38.1 Å². The quantitative estimate of drug-likeness (QED) is 0.772. The molecule has 0 heterocycles. The monoisotopic (exact) mass is 293 g/mol. The van der Waals surface area contributed by atoms with E-state index in [0.29, 0.717) is 30.8 Å². The van der Waals surface area contributed by atoms with E-state index in [0.717, 1.165) is 6.42 Å². The Bertz CT molecular complexity index is 478. The number of ether oxygens (including phenoxy) is 1. The second-order valence-electron chi connectivity index (χ2n) is 4.92. The molecule has 0 unspecified atom stereocenters. The zero-order valence-corrected chi connectivity index (χ0v) is 12.8. The Kier molecular flexibility index (Phi) is 6.21. The molecule has 5 heteroatoms. The SMILES string of the molecule is CCCOc1ccc(C(=O)NC(CC)(CC)C(=O)O)cc1. The smallest absolute Gasteiger partial charge is 0.329 e.